The first-order chi connectivity index (χ1) is 15.7. The molecule has 3 rings (SSSR count). The Balaban J connectivity index is 1.55. The fourth-order valence-corrected chi connectivity index (χ4v) is 2.93. The normalized spacial score (nSPS) is 11.4. The zero-order chi connectivity index (χ0) is 22.6. The summed E-state index contributed by atoms with van der Waals surface area (Å²) in [6, 6.07) is 13.8. The molecule has 170 valence electrons. The van der Waals surface area contributed by atoms with E-state index in [-0.39, 0.29) is 5.82 Å². The molecule has 32 heavy (non-hydrogen) atoms. The molecule has 0 spiro atoms. The highest BCUT2D eigenvalue weighted by Crippen LogP contribution is 2.19. The standard InChI is InChI=1S/C24H29FN4O3/c1-3-26-24(29-20-6-4-7-22(16-20)31-15-5-14-30-2)27-13-12-21-17-32-23(28-21)18-8-10-19(25)11-9-18/h4,6-11,16-17H,3,5,12-15H2,1-2H3,(H2,26,27,29). The molecular weight excluding hydrogens is 411 g/mol. The van der Waals surface area contributed by atoms with Crippen LogP contribution in [0.3, 0.4) is 0 Å². The number of nitrogens with one attached hydrogen (secondary N) is 2. The molecule has 0 fully saturated rings. The number of benzene rings is 2. The number of anilines is 1. The average Bonchev–Trinajstić information content (AvgIpc) is 3.26. The van der Waals surface area contributed by atoms with Crippen molar-refractivity contribution in [1.29, 1.82) is 0 Å². The molecule has 2 N–H and O–H groups in total. The van der Waals surface area contributed by atoms with Gasteiger partial charge in [-0.15, -0.1) is 0 Å². The number of guanidine groups is 1. The maximum absolute atomic E-state index is 13.1. The summed E-state index contributed by atoms with van der Waals surface area (Å²) in [7, 11) is 1.68. The molecule has 0 aliphatic rings. The van der Waals surface area contributed by atoms with Gasteiger partial charge in [-0.05, 0) is 43.3 Å². The molecule has 3 aromatic rings. The minimum atomic E-state index is -0.290. The number of ether oxygens (including phenoxy) is 2. The van der Waals surface area contributed by atoms with E-state index in [1.165, 1.54) is 12.1 Å². The van der Waals surface area contributed by atoms with Gasteiger partial charge in [-0.1, -0.05) is 6.07 Å². The second-order valence-corrected chi connectivity index (χ2v) is 7.01. The van der Waals surface area contributed by atoms with Gasteiger partial charge >= 0.3 is 0 Å². The maximum atomic E-state index is 13.1. The van der Waals surface area contributed by atoms with E-state index in [9.17, 15) is 4.39 Å². The minimum absolute atomic E-state index is 0.290. The summed E-state index contributed by atoms with van der Waals surface area (Å²) in [5, 5.41) is 6.53. The molecule has 1 heterocycles. The number of hydrogen-bond acceptors (Lipinski definition) is 5. The number of halogens is 1. The molecule has 0 bridgehead atoms. The van der Waals surface area contributed by atoms with Gasteiger partial charge in [0.25, 0.3) is 0 Å². The quantitative estimate of drug-likeness (QED) is 0.259. The second kappa shape index (κ2) is 12.5. The van der Waals surface area contributed by atoms with Gasteiger partial charge in [0.05, 0.1) is 12.3 Å². The van der Waals surface area contributed by atoms with Crippen molar-refractivity contribution < 1.29 is 18.3 Å². The smallest absolute Gasteiger partial charge is 0.226 e. The molecule has 0 atom stereocenters. The molecule has 8 heteroatoms. The molecule has 0 amide bonds. The highest BCUT2D eigenvalue weighted by atomic mass is 19.1. The molecular formula is C24H29FN4O3. The molecule has 0 saturated carbocycles. The molecule has 7 nitrogen and oxygen atoms in total. The Bertz CT molecular complexity index is 989. The van der Waals surface area contributed by atoms with Crippen molar-refractivity contribution in [3.8, 4) is 17.2 Å². The summed E-state index contributed by atoms with van der Waals surface area (Å²) >= 11 is 0. The van der Waals surface area contributed by atoms with Crippen LogP contribution in [-0.4, -0.2) is 44.4 Å². The highest BCUT2D eigenvalue weighted by molar-refractivity contribution is 5.93. The van der Waals surface area contributed by atoms with Crippen molar-refractivity contribution in [2.24, 2.45) is 4.99 Å². The SMILES string of the molecule is CCNC(=NCCc1coc(-c2ccc(F)cc2)n1)Nc1cccc(OCCCOC)c1. The van der Waals surface area contributed by atoms with Gasteiger partial charge < -0.3 is 24.5 Å². The Kier molecular flexibility index (Phi) is 9.06. The Morgan fingerprint density at radius 3 is 2.78 bits per heavy atom. The Labute approximate surface area is 187 Å². The molecule has 0 aliphatic heterocycles. The molecule has 1 aromatic heterocycles. The largest absolute Gasteiger partial charge is 0.493 e. The number of methoxy groups -OCH3 is 1. The first-order valence-electron chi connectivity index (χ1n) is 10.7. The summed E-state index contributed by atoms with van der Waals surface area (Å²) in [6.45, 7) is 4.55. The second-order valence-electron chi connectivity index (χ2n) is 7.01. The summed E-state index contributed by atoms with van der Waals surface area (Å²) < 4.78 is 29.4. The van der Waals surface area contributed by atoms with Gasteiger partial charge in [0, 0.05) is 57.0 Å². The molecule has 0 radical (unpaired) electrons. The van der Waals surface area contributed by atoms with Crippen LogP contribution >= 0.6 is 0 Å². The molecule has 0 unspecified atom stereocenters. The lowest BCUT2D eigenvalue weighted by atomic mass is 10.2. The van der Waals surface area contributed by atoms with Gasteiger partial charge in [-0.2, -0.15) is 0 Å². The van der Waals surface area contributed by atoms with E-state index in [1.807, 2.05) is 31.2 Å². The van der Waals surface area contributed by atoms with E-state index in [0.29, 0.717) is 38.0 Å². The fraction of sp³-hybridized carbons (Fsp3) is 0.333. The van der Waals surface area contributed by atoms with E-state index in [4.69, 9.17) is 13.9 Å². The number of aromatic nitrogens is 1. The third-order valence-electron chi connectivity index (χ3n) is 4.48. The van der Waals surface area contributed by atoms with Crippen molar-refractivity contribution in [2.75, 3.05) is 38.7 Å². The first-order valence-corrected chi connectivity index (χ1v) is 10.7. The van der Waals surface area contributed by atoms with Crippen LogP contribution in [0, 0.1) is 5.82 Å². The van der Waals surface area contributed by atoms with Crippen LogP contribution in [0.2, 0.25) is 0 Å². The predicted octanol–water partition coefficient (Wildman–Crippen LogP) is 4.52. The van der Waals surface area contributed by atoms with Crippen LogP contribution in [0.25, 0.3) is 11.5 Å². The fourth-order valence-electron chi connectivity index (χ4n) is 2.93. The Hall–Kier alpha value is -3.39. The van der Waals surface area contributed by atoms with Crippen LogP contribution in [0.5, 0.6) is 5.75 Å². The van der Waals surface area contributed by atoms with E-state index in [2.05, 4.69) is 20.6 Å². The lowest BCUT2D eigenvalue weighted by Gasteiger charge is -2.12. The van der Waals surface area contributed by atoms with E-state index >= 15 is 0 Å². The van der Waals surface area contributed by atoms with Crippen molar-refractivity contribution in [2.45, 2.75) is 19.8 Å². The minimum Gasteiger partial charge on any atom is -0.493 e. The first kappa shape index (κ1) is 23.3. The third-order valence-corrected chi connectivity index (χ3v) is 4.48. The maximum Gasteiger partial charge on any atom is 0.226 e. The van der Waals surface area contributed by atoms with Crippen LogP contribution in [-0.2, 0) is 11.2 Å². The van der Waals surface area contributed by atoms with E-state index < -0.39 is 0 Å². The molecule has 2 aromatic carbocycles. The lowest BCUT2D eigenvalue weighted by molar-refractivity contribution is 0.172. The Morgan fingerprint density at radius 1 is 1.16 bits per heavy atom. The van der Waals surface area contributed by atoms with Crippen LogP contribution < -0.4 is 15.4 Å². The van der Waals surface area contributed by atoms with Crippen molar-refractivity contribution in [1.82, 2.24) is 10.3 Å². The monoisotopic (exact) mass is 440 g/mol. The zero-order valence-corrected chi connectivity index (χ0v) is 18.4. The van der Waals surface area contributed by atoms with Crippen LogP contribution in [0.15, 0.2) is 64.2 Å². The van der Waals surface area contributed by atoms with E-state index in [1.54, 1.807) is 25.5 Å². The summed E-state index contributed by atoms with van der Waals surface area (Å²) in [4.78, 5) is 9.09. The van der Waals surface area contributed by atoms with Gasteiger partial charge in [0.2, 0.25) is 5.89 Å². The topological polar surface area (TPSA) is 80.9 Å². The number of oxazole rings is 1. The Morgan fingerprint density at radius 2 is 2.00 bits per heavy atom. The summed E-state index contributed by atoms with van der Waals surface area (Å²) in [6.07, 6.45) is 3.06. The highest BCUT2D eigenvalue weighted by Gasteiger charge is 2.07. The van der Waals surface area contributed by atoms with Crippen molar-refractivity contribution >= 4 is 11.6 Å². The predicted molar refractivity (Wildman–Crippen MR) is 124 cm³/mol. The number of rotatable bonds is 11. The average molecular weight is 441 g/mol. The summed E-state index contributed by atoms with van der Waals surface area (Å²) in [5.74, 6) is 1.64. The van der Waals surface area contributed by atoms with Crippen molar-refractivity contribution in [3.63, 3.8) is 0 Å². The van der Waals surface area contributed by atoms with Gasteiger partial charge in [0.1, 0.15) is 17.8 Å². The van der Waals surface area contributed by atoms with Gasteiger partial charge in [-0.25, -0.2) is 9.37 Å². The third kappa shape index (κ3) is 7.39. The number of aliphatic imine (C=N–C) groups is 1. The van der Waals surface area contributed by atoms with Crippen LogP contribution in [0.1, 0.15) is 19.0 Å². The van der Waals surface area contributed by atoms with Crippen LogP contribution in [0.4, 0.5) is 10.1 Å². The van der Waals surface area contributed by atoms with Gasteiger partial charge in [-0.3, -0.25) is 4.99 Å². The molecule has 0 saturated heterocycles. The zero-order valence-electron chi connectivity index (χ0n) is 18.4. The lowest BCUT2D eigenvalue weighted by Crippen LogP contribution is -2.30. The number of nitrogens with zero attached hydrogens (tertiary/aromatic N) is 2. The molecule has 0 aliphatic carbocycles. The number of hydrogen-bond donors (Lipinski definition) is 2. The summed E-state index contributed by atoms with van der Waals surface area (Å²) in [5.41, 5.74) is 2.41. The van der Waals surface area contributed by atoms with Gasteiger partial charge in [0.15, 0.2) is 5.96 Å². The van der Waals surface area contributed by atoms with Crippen molar-refractivity contribution in [3.05, 3.63) is 66.3 Å². The van der Waals surface area contributed by atoms with E-state index in [0.717, 1.165) is 35.7 Å².